The molecule has 5 rings (SSSR count). The number of aromatic nitrogens is 5. The Bertz CT molecular complexity index is 1360. The Morgan fingerprint density at radius 2 is 2.12 bits per heavy atom. The van der Waals surface area contributed by atoms with Crippen molar-refractivity contribution in [2.24, 2.45) is 0 Å². The Labute approximate surface area is 201 Å². The lowest BCUT2D eigenvalue weighted by molar-refractivity contribution is -0.118. The van der Waals surface area contributed by atoms with Crippen molar-refractivity contribution in [3.05, 3.63) is 57.2 Å². The molecule has 33 heavy (non-hydrogen) atoms. The zero-order valence-electron chi connectivity index (χ0n) is 18.1. The van der Waals surface area contributed by atoms with Crippen LogP contribution in [-0.2, 0) is 16.8 Å². The van der Waals surface area contributed by atoms with Crippen LogP contribution >= 0.6 is 27.3 Å². The number of imidazole rings is 1. The number of alkyl halides is 2. The fourth-order valence-corrected chi connectivity index (χ4v) is 5.35. The number of hydrogen-bond donors (Lipinski definition) is 1. The molecule has 0 saturated heterocycles. The molecule has 0 bridgehead atoms. The maximum absolute atomic E-state index is 13.8. The van der Waals surface area contributed by atoms with Gasteiger partial charge < -0.3 is 4.57 Å². The highest BCUT2D eigenvalue weighted by molar-refractivity contribution is 9.10. The highest BCUT2D eigenvalue weighted by atomic mass is 79.9. The third-order valence-electron chi connectivity index (χ3n) is 6.23. The van der Waals surface area contributed by atoms with Gasteiger partial charge in [-0.05, 0) is 45.2 Å². The average molecular weight is 535 g/mol. The standard InChI is InChI=1S/C22H21BrF2N6OS/c1-11-14(23)8-12(19(24)25)13-9-31(29-16(11)13)18(20(32)28-21-26-6-7-33-21)17-15-4-5-22(2,3)30(15)10-27-17/h6-10,18-19H,4-5H2,1-3H3,(H,26,28,32). The number of amides is 1. The highest BCUT2D eigenvalue weighted by Crippen LogP contribution is 2.38. The Hall–Kier alpha value is -2.66. The lowest BCUT2D eigenvalue weighted by atomic mass is 10.0. The first-order chi connectivity index (χ1) is 15.7. The van der Waals surface area contributed by atoms with Crippen molar-refractivity contribution >= 4 is 49.2 Å². The fraction of sp³-hybridized carbons (Fsp3) is 0.364. The first-order valence-electron chi connectivity index (χ1n) is 10.4. The van der Waals surface area contributed by atoms with E-state index in [9.17, 15) is 13.6 Å². The van der Waals surface area contributed by atoms with Gasteiger partial charge in [0, 0.05) is 44.4 Å². The molecular weight excluding hydrogens is 514 g/mol. The lowest BCUT2D eigenvalue weighted by Gasteiger charge is -2.20. The number of carbonyl (C=O) groups is 1. The van der Waals surface area contributed by atoms with Crippen LogP contribution in [0.2, 0.25) is 0 Å². The van der Waals surface area contributed by atoms with Gasteiger partial charge in [-0.2, -0.15) is 5.10 Å². The quantitative estimate of drug-likeness (QED) is 0.361. The third kappa shape index (κ3) is 3.67. The van der Waals surface area contributed by atoms with Crippen LogP contribution in [-0.4, -0.2) is 30.2 Å². The van der Waals surface area contributed by atoms with Gasteiger partial charge in [0.1, 0.15) is 0 Å². The van der Waals surface area contributed by atoms with Crippen LogP contribution in [0, 0.1) is 6.92 Å². The largest absolute Gasteiger partial charge is 0.329 e. The molecule has 1 atom stereocenters. The molecule has 4 heterocycles. The van der Waals surface area contributed by atoms with Crippen LogP contribution in [0.3, 0.4) is 0 Å². The summed E-state index contributed by atoms with van der Waals surface area (Å²) in [5.41, 5.74) is 2.41. The number of halogens is 3. The lowest BCUT2D eigenvalue weighted by Crippen LogP contribution is -2.28. The van der Waals surface area contributed by atoms with E-state index in [4.69, 9.17) is 0 Å². The molecule has 11 heteroatoms. The summed E-state index contributed by atoms with van der Waals surface area (Å²) < 4.78 is 31.7. The van der Waals surface area contributed by atoms with Gasteiger partial charge in [-0.15, -0.1) is 11.3 Å². The van der Waals surface area contributed by atoms with E-state index < -0.39 is 12.5 Å². The van der Waals surface area contributed by atoms with Crippen LogP contribution in [0.4, 0.5) is 13.9 Å². The summed E-state index contributed by atoms with van der Waals surface area (Å²) in [6.45, 7) is 6.05. The van der Waals surface area contributed by atoms with Crippen LogP contribution in [0.15, 0.2) is 34.6 Å². The fourth-order valence-electron chi connectivity index (χ4n) is 4.39. The van der Waals surface area contributed by atoms with Gasteiger partial charge in [-0.1, -0.05) is 15.9 Å². The number of thiazole rings is 1. The molecule has 1 amide bonds. The number of nitrogens with one attached hydrogen (secondary N) is 1. The second-order valence-corrected chi connectivity index (χ2v) is 10.5. The molecule has 3 aromatic heterocycles. The molecule has 1 aliphatic rings. The molecular formula is C22H21BrF2N6OS. The molecule has 7 nitrogen and oxygen atoms in total. The summed E-state index contributed by atoms with van der Waals surface area (Å²) >= 11 is 4.66. The van der Waals surface area contributed by atoms with Crippen molar-refractivity contribution in [2.45, 2.75) is 51.6 Å². The molecule has 0 aliphatic carbocycles. The van der Waals surface area contributed by atoms with Gasteiger partial charge in [0.15, 0.2) is 11.2 Å². The minimum atomic E-state index is -2.68. The molecule has 0 saturated carbocycles. The van der Waals surface area contributed by atoms with Crippen molar-refractivity contribution < 1.29 is 13.6 Å². The number of benzene rings is 1. The molecule has 1 aromatic carbocycles. The van der Waals surface area contributed by atoms with Crippen molar-refractivity contribution in [2.75, 3.05) is 5.32 Å². The van der Waals surface area contributed by atoms with Crippen LogP contribution < -0.4 is 5.32 Å². The van der Waals surface area contributed by atoms with Crippen molar-refractivity contribution in [3.63, 3.8) is 0 Å². The Morgan fingerprint density at radius 1 is 1.33 bits per heavy atom. The number of nitrogens with zero attached hydrogens (tertiary/aromatic N) is 5. The monoisotopic (exact) mass is 534 g/mol. The molecule has 4 aromatic rings. The van der Waals surface area contributed by atoms with E-state index in [1.807, 2.05) is 0 Å². The van der Waals surface area contributed by atoms with E-state index in [0.29, 0.717) is 26.2 Å². The smallest absolute Gasteiger partial charge is 0.264 e. The van der Waals surface area contributed by atoms with Crippen LogP contribution in [0.1, 0.15) is 55.3 Å². The van der Waals surface area contributed by atoms with Crippen molar-refractivity contribution in [3.8, 4) is 0 Å². The Kier molecular flexibility index (Phi) is 5.36. The minimum absolute atomic E-state index is 0.115. The van der Waals surface area contributed by atoms with Crippen molar-refractivity contribution in [1.29, 1.82) is 0 Å². The molecule has 0 fully saturated rings. The van der Waals surface area contributed by atoms with Gasteiger partial charge >= 0.3 is 0 Å². The zero-order valence-corrected chi connectivity index (χ0v) is 20.5. The van der Waals surface area contributed by atoms with Gasteiger partial charge in [-0.3, -0.25) is 14.8 Å². The molecule has 1 N–H and O–H groups in total. The maximum atomic E-state index is 13.8. The van der Waals surface area contributed by atoms with E-state index in [1.54, 1.807) is 24.8 Å². The van der Waals surface area contributed by atoms with Gasteiger partial charge in [-0.25, -0.2) is 18.7 Å². The normalized spacial score (nSPS) is 15.8. The van der Waals surface area contributed by atoms with Gasteiger partial charge in [0.2, 0.25) is 0 Å². The van der Waals surface area contributed by atoms with Gasteiger partial charge in [0.05, 0.1) is 17.5 Å². The Morgan fingerprint density at radius 3 is 2.82 bits per heavy atom. The second-order valence-electron chi connectivity index (χ2n) is 8.73. The topological polar surface area (TPSA) is 77.6 Å². The molecule has 172 valence electrons. The number of rotatable bonds is 5. The van der Waals surface area contributed by atoms with E-state index in [-0.39, 0.29) is 17.0 Å². The summed E-state index contributed by atoms with van der Waals surface area (Å²) in [7, 11) is 0. The van der Waals surface area contributed by atoms with E-state index in [2.05, 4.69) is 54.7 Å². The number of anilines is 1. The first kappa shape index (κ1) is 22.1. The van der Waals surface area contributed by atoms with Crippen LogP contribution in [0.25, 0.3) is 10.9 Å². The van der Waals surface area contributed by atoms with E-state index in [0.717, 1.165) is 24.1 Å². The third-order valence-corrected chi connectivity index (χ3v) is 7.74. The number of aryl methyl sites for hydroxylation is 1. The molecule has 1 aliphatic heterocycles. The van der Waals surface area contributed by atoms with E-state index >= 15 is 0 Å². The SMILES string of the molecule is Cc1c(Br)cc(C(F)F)c2cn(C(C(=O)Nc3nccs3)c3ncn4c3CCC4(C)C)nc12. The van der Waals surface area contributed by atoms with Gasteiger partial charge in [0.25, 0.3) is 12.3 Å². The second kappa shape index (κ2) is 7.98. The summed E-state index contributed by atoms with van der Waals surface area (Å²) in [6, 6.07) is 0.477. The Balaban J connectivity index is 1.69. The maximum Gasteiger partial charge on any atom is 0.264 e. The summed E-state index contributed by atoms with van der Waals surface area (Å²) in [5.74, 6) is -0.376. The molecule has 0 radical (unpaired) electrons. The summed E-state index contributed by atoms with van der Waals surface area (Å²) in [5, 5.41) is 9.97. The van der Waals surface area contributed by atoms with Crippen molar-refractivity contribution in [1.82, 2.24) is 24.3 Å². The summed E-state index contributed by atoms with van der Waals surface area (Å²) in [4.78, 5) is 22.2. The number of fused-ring (bicyclic) bond motifs is 2. The molecule has 0 spiro atoms. The minimum Gasteiger partial charge on any atom is -0.329 e. The summed E-state index contributed by atoms with van der Waals surface area (Å²) in [6.07, 6.45) is 3.87. The molecule has 1 unspecified atom stereocenters. The average Bonchev–Trinajstić information content (AvgIpc) is 3.52. The first-order valence-corrected chi connectivity index (χ1v) is 12.1. The number of carbonyl (C=O) groups excluding carboxylic acids is 1. The predicted octanol–water partition coefficient (Wildman–Crippen LogP) is 5.61. The predicted molar refractivity (Wildman–Crippen MR) is 126 cm³/mol. The number of hydrogen-bond acceptors (Lipinski definition) is 5. The van der Waals surface area contributed by atoms with Crippen LogP contribution in [0.5, 0.6) is 0 Å². The zero-order chi connectivity index (χ0) is 23.5. The van der Waals surface area contributed by atoms with E-state index in [1.165, 1.54) is 28.3 Å². The highest BCUT2D eigenvalue weighted by Gasteiger charge is 2.37.